The average molecular weight is 293 g/mol. The lowest BCUT2D eigenvalue weighted by Gasteiger charge is -2.13. The molecule has 0 aliphatic carbocycles. The third-order valence-electron chi connectivity index (χ3n) is 3.50. The first-order valence-electron chi connectivity index (χ1n) is 6.80. The highest BCUT2D eigenvalue weighted by Gasteiger charge is 2.15. The summed E-state index contributed by atoms with van der Waals surface area (Å²) in [6.07, 6.45) is 0. The second-order valence-electron chi connectivity index (χ2n) is 5.40. The predicted molar refractivity (Wildman–Crippen MR) is 82.8 cm³/mol. The van der Waals surface area contributed by atoms with Gasteiger partial charge in [0.1, 0.15) is 5.75 Å². The van der Waals surface area contributed by atoms with E-state index in [0.717, 1.165) is 17.0 Å². The van der Waals surface area contributed by atoms with Crippen LogP contribution < -0.4 is 4.74 Å². The molecule has 4 heteroatoms. The fourth-order valence-electron chi connectivity index (χ4n) is 2.43. The van der Waals surface area contributed by atoms with Crippen molar-refractivity contribution < 1.29 is 4.74 Å². The Bertz CT molecular complexity index is 617. The van der Waals surface area contributed by atoms with E-state index >= 15 is 0 Å². The van der Waals surface area contributed by atoms with Gasteiger partial charge in [0.25, 0.3) is 0 Å². The molecule has 0 N–H and O–H groups in total. The molecule has 0 atom stereocenters. The summed E-state index contributed by atoms with van der Waals surface area (Å²) in [5, 5.41) is 4.35. The molecule has 1 aromatic heterocycles. The number of benzene rings is 1. The Balaban J connectivity index is 2.33. The SMILES string of the molecule is Cc1cc(Oc2c(CCl)c(C)nn2C)ccc1C(C)C. The van der Waals surface area contributed by atoms with Gasteiger partial charge in [-0.3, -0.25) is 0 Å². The molecule has 0 aliphatic rings. The smallest absolute Gasteiger partial charge is 0.222 e. The van der Waals surface area contributed by atoms with Crippen LogP contribution in [0.4, 0.5) is 0 Å². The number of aryl methyl sites for hydroxylation is 3. The molecule has 0 bridgehead atoms. The second kappa shape index (κ2) is 5.88. The standard InChI is InChI=1S/C16H21ClN2O/c1-10(2)14-7-6-13(8-11(14)3)20-16-15(9-17)12(4)18-19(16)5/h6-8,10H,9H2,1-5H3. The van der Waals surface area contributed by atoms with Crippen LogP contribution in [0.1, 0.15) is 42.1 Å². The van der Waals surface area contributed by atoms with E-state index in [4.69, 9.17) is 16.3 Å². The van der Waals surface area contributed by atoms with Gasteiger partial charge in [-0.1, -0.05) is 19.9 Å². The van der Waals surface area contributed by atoms with Gasteiger partial charge in [0.2, 0.25) is 5.88 Å². The number of nitrogens with zero attached hydrogens (tertiary/aromatic N) is 2. The van der Waals surface area contributed by atoms with Crippen molar-refractivity contribution in [1.82, 2.24) is 9.78 Å². The van der Waals surface area contributed by atoms with Crippen LogP contribution in [0.25, 0.3) is 0 Å². The van der Waals surface area contributed by atoms with Crippen molar-refractivity contribution in [2.24, 2.45) is 7.05 Å². The van der Waals surface area contributed by atoms with Crippen molar-refractivity contribution >= 4 is 11.6 Å². The maximum absolute atomic E-state index is 5.98. The number of aromatic nitrogens is 2. The third kappa shape index (κ3) is 2.83. The van der Waals surface area contributed by atoms with Gasteiger partial charge >= 0.3 is 0 Å². The number of halogens is 1. The van der Waals surface area contributed by atoms with Crippen molar-refractivity contribution in [3.8, 4) is 11.6 Å². The van der Waals surface area contributed by atoms with E-state index in [1.165, 1.54) is 11.1 Å². The molecule has 2 rings (SSSR count). The number of ether oxygens (including phenoxy) is 1. The molecule has 3 nitrogen and oxygen atoms in total. The van der Waals surface area contributed by atoms with Crippen LogP contribution in [0.15, 0.2) is 18.2 Å². The minimum absolute atomic E-state index is 0.401. The highest BCUT2D eigenvalue weighted by atomic mass is 35.5. The van der Waals surface area contributed by atoms with Crippen LogP contribution in [0, 0.1) is 13.8 Å². The summed E-state index contributed by atoms with van der Waals surface area (Å²) >= 11 is 5.98. The summed E-state index contributed by atoms with van der Waals surface area (Å²) in [6.45, 7) is 8.44. The first-order chi connectivity index (χ1) is 9.43. The lowest BCUT2D eigenvalue weighted by molar-refractivity contribution is 0.427. The normalized spacial score (nSPS) is 11.2. The first-order valence-corrected chi connectivity index (χ1v) is 7.34. The van der Waals surface area contributed by atoms with Gasteiger partial charge in [0, 0.05) is 7.05 Å². The second-order valence-corrected chi connectivity index (χ2v) is 5.67. The van der Waals surface area contributed by atoms with Gasteiger partial charge in [-0.05, 0) is 43.0 Å². The van der Waals surface area contributed by atoms with E-state index < -0.39 is 0 Å². The first kappa shape index (κ1) is 14.9. The van der Waals surface area contributed by atoms with Gasteiger partial charge in [-0.25, -0.2) is 4.68 Å². The fourth-order valence-corrected chi connectivity index (χ4v) is 2.74. The van der Waals surface area contributed by atoms with Gasteiger partial charge in [-0.2, -0.15) is 5.10 Å². The molecule has 0 saturated heterocycles. The number of alkyl halides is 1. The Morgan fingerprint density at radius 1 is 1.30 bits per heavy atom. The Morgan fingerprint density at radius 3 is 2.55 bits per heavy atom. The summed E-state index contributed by atoms with van der Waals surface area (Å²) in [6, 6.07) is 6.19. The molecule has 0 aliphatic heterocycles. The highest BCUT2D eigenvalue weighted by molar-refractivity contribution is 6.17. The molecule has 0 radical (unpaired) electrons. The monoisotopic (exact) mass is 292 g/mol. The van der Waals surface area contributed by atoms with Gasteiger partial charge < -0.3 is 4.74 Å². The van der Waals surface area contributed by atoms with Crippen molar-refractivity contribution in [2.75, 3.05) is 0 Å². The molecule has 0 amide bonds. The topological polar surface area (TPSA) is 27.1 Å². The van der Waals surface area contributed by atoms with Gasteiger partial charge in [0.05, 0.1) is 17.1 Å². The van der Waals surface area contributed by atoms with E-state index in [1.54, 1.807) is 4.68 Å². The Kier molecular flexibility index (Phi) is 4.39. The Morgan fingerprint density at radius 2 is 2.00 bits per heavy atom. The molecule has 2 aromatic rings. The largest absolute Gasteiger partial charge is 0.439 e. The number of rotatable bonds is 4. The minimum Gasteiger partial charge on any atom is -0.439 e. The molecule has 20 heavy (non-hydrogen) atoms. The van der Waals surface area contributed by atoms with Crippen molar-refractivity contribution in [3.63, 3.8) is 0 Å². The summed E-state index contributed by atoms with van der Waals surface area (Å²) in [7, 11) is 1.87. The molecule has 1 heterocycles. The number of hydrogen-bond donors (Lipinski definition) is 0. The molecular formula is C16H21ClN2O. The summed E-state index contributed by atoms with van der Waals surface area (Å²) in [5.74, 6) is 2.45. The van der Waals surface area contributed by atoms with Gasteiger partial charge in [-0.15, -0.1) is 11.6 Å². The van der Waals surface area contributed by atoms with Crippen LogP contribution in [-0.2, 0) is 12.9 Å². The van der Waals surface area contributed by atoms with E-state index in [1.807, 2.05) is 20.0 Å². The van der Waals surface area contributed by atoms with E-state index in [0.29, 0.717) is 17.7 Å². The van der Waals surface area contributed by atoms with Crippen molar-refractivity contribution in [2.45, 2.75) is 39.5 Å². The van der Waals surface area contributed by atoms with Crippen LogP contribution in [0.5, 0.6) is 11.6 Å². The zero-order chi connectivity index (χ0) is 14.9. The maximum Gasteiger partial charge on any atom is 0.222 e. The molecule has 0 fully saturated rings. The zero-order valence-corrected chi connectivity index (χ0v) is 13.5. The maximum atomic E-state index is 5.98. The van der Waals surface area contributed by atoms with Crippen molar-refractivity contribution in [1.29, 1.82) is 0 Å². The Hall–Kier alpha value is -1.48. The highest BCUT2D eigenvalue weighted by Crippen LogP contribution is 2.30. The zero-order valence-electron chi connectivity index (χ0n) is 12.7. The quantitative estimate of drug-likeness (QED) is 0.764. The number of hydrogen-bond acceptors (Lipinski definition) is 2. The van der Waals surface area contributed by atoms with E-state index in [2.05, 4.69) is 38.0 Å². The lowest BCUT2D eigenvalue weighted by atomic mass is 9.98. The predicted octanol–water partition coefficient (Wildman–Crippen LogP) is 4.69. The summed E-state index contributed by atoms with van der Waals surface area (Å²) < 4.78 is 7.72. The third-order valence-corrected chi connectivity index (χ3v) is 3.77. The average Bonchev–Trinajstić information content (AvgIpc) is 2.63. The molecule has 108 valence electrons. The molecule has 0 spiro atoms. The molecule has 1 aromatic carbocycles. The van der Waals surface area contributed by atoms with Crippen LogP contribution >= 0.6 is 11.6 Å². The Labute approximate surface area is 125 Å². The van der Waals surface area contributed by atoms with Crippen LogP contribution in [-0.4, -0.2) is 9.78 Å². The van der Waals surface area contributed by atoms with Gasteiger partial charge in [0.15, 0.2) is 0 Å². The van der Waals surface area contributed by atoms with Crippen LogP contribution in [0.2, 0.25) is 0 Å². The minimum atomic E-state index is 0.401. The van der Waals surface area contributed by atoms with Crippen molar-refractivity contribution in [3.05, 3.63) is 40.6 Å². The fraction of sp³-hybridized carbons (Fsp3) is 0.438. The van der Waals surface area contributed by atoms with Crippen LogP contribution in [0.3, 0.4) is 0 Å². The molecule has 0 unspecified atom stereocenters. The molecular weight excluding hydrogens is 272 g/mol. The lowest BCUT2D eigenvalue weighted by Crippen LogP contribution is -1.98. The molecule has 0 saturated carbocycles. The van der Waals surface area contributed by atoms with E-state index in [-0.39, 0.29) is 0 Å². The summed E-state index contributed by atoms with van der Waals surface area (Å²) in [4.78, 5) is 0. The van der Waals surface area contributed by atoms with E-state index in [9.17, 15) is 0 Å². The summed E-state index contributed by atoms with van der Waals surface area (Å²) in [5.41, 5.74) is 4.44.